The smallest absolute Gasteiger partial charge is 0.248 e. The number of primary amides is 1. The third-order valence-corrected chi connectivity index (χ3v) is 4.20. The van der Waals surface area contributed by atoms with Crippen molar-refractivity contribution in [2.75, 3.05) is 0 Å². The zero-order valence-corrected chi connectivity index (χ0v) is 12.4. The van der Waals surface area contributed by atoms with Crippen LogP contribution in [-0.4, -0.2) is 5.91 Å². The minimum absolute atomic E-state index is 0.317. The van der Waals surface area contributed by atoms with E-state index in [0.717, 1.165) is 8.66 Å². The molecule has 0 saturated heterocycles. The quantitative estimate of drug-likeness (QED) is 0.877. The zero-order valence-electron chi connectivity index (χ0n) is 9.95. The highest BCUT2D eigenvalue weighted by Crippen LogP contribution is 2.21. The molecule has 100 valence electrons. The molecule has 0 unspecified atom stereocenters. The molecule has 3 nitrogen and oxygen atoms in total. The highest BCUT2D eigenvalue weighted by molar-refractivity contribution is 9.11. The number of nitrogens with one attached hydrogen (secondary N) is 1. The van der Waals surface area contributed by atoms with Gasteiger partial charge >= 0.3 is 0 Å². The Kier molecular flexibility index (Phi) is 4.68. The van der Waals surface area contributed by atoms with Crippen molar-refractivity contribution in [3.05, 3.63) is 55.9 Å². The molecule has 0 aliphatic rings. The van der Waals surface area contributed by atoms with Crippen LogP contribution in [0.4, 0.5) is 4.39 Å². The van der Waals surface area contributed by atoms with E-state index in [2.05, 4.69) is 21.2 Å². The maximum absolute atomic E-state index is 13.6. The number of halogens is 2. The lowest BCUT2D eigenvalue weighted by atomic mass is 10.1. The molecule has 0 fully saturated rings. The molecule has 0 radical (unpaired) electrons. The molecule has 1 aromatic heterocycles. The molecular formula is C13H12BrFN2OS. The topological polar surface area (TPSA) is 55.1 Å². The fourth-order valence-electron chi connectivity index (χ4n) is 1.63. The molecule has 3 N–H and O–H groups in total. The summed E-state index contributed by atoms with van der Waals surface area (Å²) in [7, 11) is 0. The fraction of sp³-hybridized carbons (Fsp3) is 0.154. The second-order valence-electron chi connectivity index (χ2n) is 3.98. The number of rotatable bonds is 5. The Labute approximate surface area is 122 Å². The number of carbonyl (C=O) groups is 1. The molecule has 2 aromatic rings. The summed E-state index contributed by atoms with van der Waals surface area (Å²) in [5, 5.41) is 3.14. The van der Waals surface area contributed by atoms with E-state index in [1.807, 2.05) is 12.1 Å². The SMILES string of the molecule is NC(=O)c1ccc(F)c(CNCc2ccc(Br)s2)c1. The monoisotopic (exact) mass is 342 g/mol. The summed E-state index contributed by atoms with van der Waals surface area (Å²) in [6, 6.07) is 8.10. The van der Waals surface area contributed by atoms with Gasteiger partial charge in [-0.1, -0.05) is 0 Å². The molecule has 1 aromatic carbocycles. The molecule has 0 aliphatic carbocycles. The summed E-state index contributed by atoms with van der Waals surface area (Å²) >= 11 is 5.01. The van der Waals surface area contributed by atoms with E-state index in [1.54, 1.807) is 11.3 Å². The summed E-state index contributed by atoms with van der Waals surface area (Å²) in [4.78, 5) is 12.2. The summed E-state index contributed by atoms with van der Waals surface area (Å²) < 4.78 is 14.6. The molecular weight excluding hydrogens is 331 g/mol. The standard InChI is InChI=1S/C13H12BrFN2OS/c14-12-4-2-10(19-12)7-17-6-9-5-8(13(16)18)1-3-11(9)15/h1-5,17H,6-7H2,(H2,16,18). The number of thiophene rings is 1. The number of amides is 1. The maximum Gasteiger partial charge on any atom is 0.248 e. The minimum Gasteiger partial charge on any atom is -0.366 e. The number of nitrogens with two attached hydrogens (primary N) is 1. The first-order valence-electron chi connectivity index (χ1n) is 5.59. The van der Waals surface area contributed by atoms with E-state index in [1.165, 1.54) is 18.2 Å². The van der Waals surface area contributed by atoms with Crippen molar-refractivity contribution in [2.45, 2.75) is 13.1 Å². The van der Waals surface area contributed by atoms with E-state index in [9.17, 15) is 9.18 Å². The lowest BCUT2D eigenvalue weighted by molar-refractivity contribution is 0.1000. The van der Waals surface area contributed by atoms with Gasteiger partial charge in [-0.15, -0.1) is 11.3 Å². The lowest BCUT2D eigenvalue weighted by Crippen LogP contribution is -2.15. The third kappa shape index (κ3) is 3.86. The van der Waals surface area contributed by atoms with E-state index in [0.29, 0.717) is 24.2 Å². The second kappa shape index (κ2) is 6.27. The average molecular weight is 343 g/mol. The summed E-state index contributed by atoms with van der Waals surface area (Å²) in [6.45, 7) is 0.999. The van der Waals surface area contributed by atoms with Crippen LogP contribution in [0.3, 0.4) is 0 Å². The molecule has 6 heteroatoms. The second-order valence-corrected chi connectivity index (χ2v) is 6.53. The van der Waals surface area contributed by atoms with Crippen molar-refractivity contribution in [2.24, 2.45) is 5.73 Å². The molecule has 0 spiro atoms. The molecule has 0 saturated carbocycles. The van der Waals surface area contributed by atoms with Gasteiger partial charge in [-0.3, -0.25) is 4.79 Å². The van der Waals surface area contributed by atoms with Gasteiger partial charge in [0.2, 0.25) is 5.91 Å². The first kappa shape index (κ1) is 14.2. The van der Waals surface area contributed by atoms with Crippen molar-refractivity contribution in [3.63, 3.8) is 0 Å². The molecule has 2 rings (SSSR count). The van der Waals surface area contributed by atoms with Crippen LogP contribution in [0.15, 0.2) is 34.1 Å². The van der Waals surface area contributed by atoms with E-state index in [4.69, 9.17) is 5.73 Å². The molecule has 0 bridgehead atoms. The van der Waals surface area contributed by atoms with Crippen LogP contribution < -0.4 is 11.1 Å². The number of carbonyl (C=O) groups excluding carboxylic acids is 1. The van der Waals surface area contributed by atoms with Gasteiger partial charge in [0.25, 0.3) is 0 Å². The minimum atomic E-state index is -0.552. The van der Waals surface area contributed by atoms with Gasteiger partial charge in [0.15, 0.2) is 0 Å². The number of benzene rings is 1. The van der Waals surface area contributed by atoms with E-state index >= 15 is 0 Å². The van der Waals surface area contributed by atoms with Crippen LogP contribution in [0, 0.1) is 5.82 Å². The van der Waals surface area contributed by atoms with Gasteiger partial charge in [0.1, 0.15) is 5.82 Å². The first-order chi connectivity index (χ1) is 9.06. The Balaban J connectivity index is 1.99. The van der Waals surface area contributed by atoms with Crippen LogP contribution in [0.5, 0.6) is 0 Å². The molecule has 0 atom stereocenters. The van der Waals surface area contributed by atoms with Crippen molar-refractivity contribution in [1.82, 2.24) is 5.32 Å². The molecule has 19 heavy (non-hydrogen) atoms. The fourth-order valence-corrected chi connectivity index (χ4v) is 3.08. The Hall–Kier alpha value is -1.24. The van der Waals surface area contributed by atoms with E-state index in [-0.39, 0.29) is 5.82 Å². The molecule has 0 aliphatic heterocycles. The largest absolute Gasteiger partial charge is 0.366 e. The van der Waals surface area contributed by atoms with Crippen LogP contribution in [-0.2, 0) is 13.1 Å². The normalized spacial score (nSPS) is 10.6. The first-order valence-corrected chi connectivity index (χ1v) is 7.20. The Morgan fingerprint density at radius 1 is 1.32 bits per heavy atom. The van der Waals surface area contributed by atoms with Gasteiger partial charge < -0.3 is 11.1 Å². The number of hydrogen-bond donors (Lipinski definition) is 2. The third-order valence-electron chi connectivity index (χ3n) is 2.57. The van der Waals surface area contributed by atoms with Crippen molar-refractivity contribution >= 4 is 33.2 Å². The average Bonchev–Trinajstić information content (AvgIpc) is 2.77. The predicted molar refractivity (Wildman–Crippen MR) is 77.5 cm³/mol. The maximum atomic E-state index is 13.6. The zero-order chi connectivity index (χ0) is 13.8. The lowest BCUT2D eigenvalue weighted by Gasteiger charge is -2.06. The van der Waals surface area contributed by atoms with E-state index < -0.39 is 5.91 Å². The van der Waals surface area contributed by atoms with Crippen LogP contribution in [0.1, 0.15) is 20.8 Å². The Morgan fingerprint density at radius 3 is 2.74 bits per heavy atom. The van der Waals surface area contributed by atoms with Gasteiger partial charge in [-0.2, -0.15) is 0 Å². The van der Waals surface area contributed by atoms with Crippen LogP contribution >= 0.6 is 27.3 Å². The highest BCUT2D eigenvalue weighted by Gasteiger charge is 2.07. The molecule has 1 amide bonds. The van der Waals surface area contributed by atoms with Crippen molar-refractivity contribution < 1.29 is 9.18 Å². The predicted octanol–water partition coefficient (Wildman–Crippen LogP) is 3.04. The van der Waals surface area contributed by atoms with Gasteiger partial charge in [0, 0.05) is 29.1 Å². The van der Waals surface area contributed by atoms with Crippen molar-refractivity contribution in [3.8, 4) is 0 Å². The highest BCUT2D eigenvalue weighted by atomic mass is 79.9. The van der Waals surface area contributed by atoms with Gasteiger partial charge in [0.05, 0.1) is 3.79 Å². The van der Waals surface area contributed by atoms with Gasteiger partial charge in [-0.25, -0.2) is 4.39 Å². The summed E-state index contributed by atoms with van der Waals surface area (Å²) in [6.07, 6.45) is 0. The van der Waals surface area contributed by atoms with Gasteiger partial charge in [-0.05, 0) is 46.3 Å². The van der Waals surface area contributed by atoms with Crippen LogP contribution in [0.25, 0.3) is 0 Å². The van der Waals surface area contributed by atoms with Crippen LogP contribution in [0.2, 0.25) is 0 Å². The Morgan fingerprint density at radius 2 is 2.11 bits per heavy atom. The summed E-state index contributed by atoms with van der Waals surface area (Å²) in [5.41, 5.74) is 5.92. The Bertz CT molecular complexity index is 600. The summed E-state index contributed by atoms with van der Waals surface area (Å²) in [5.74, 6) is -0.895. The molecule has 1 heterocycles. The number of hydrogen-bond acceptors (Lipinski definition) is 3. The van der Waals surface area contributed by atoms with Crippen molar-refractivity contribution in [1.29, 1.82) is 0 Å².